The molecule has 2 aromatic rings. The molecule has 0 aromatic heterocycles. The van der Waals surface area contributed by atoms with Crippen LogP contribution >= 0.6 is 0 Å². The minimum absolute atomic E-state index is 0.0467. The fourth-order valence-electron chi connectivity index (χ4n) is 2.87. The monoisotopic (exact) mass is 346 g/mol. The highest BCUT2D eigenvalue weighted by molar-refractivity contribution is 6.44. The Balaban J connectivity index is 1.89. The first-order valence-electron chi connectivity index (χ1n) is 8.21. The van der Waals surface area contributed by atoms with Gasteiger partial charge in [-0.15, -0.1) is 0 Å². The second-order valence-corrected chi connectivity index (χ2v) is 6.08. The predicted octanol–water partition coefficient (Wildman–Crippen LogP) is 2.74. The van der Waals surface area contributed by atoms with Gasteiger partial charge in [-0.2, -0.15) is 10.4 Å². The molecule has 0 bridgehead atoms. The number of nitrogens with zero attached hydrogens (tertiary/aromatic N) is 4. The summed E-state index contributed by atoms with van der Waals surface area (Å²) < 4.78 is 0. The van der Waals surface area contributed by atoms with Gasteiger partial charge in [0.15, 0.2) is 5.78 Å². The number of benzene rings is 2. The summed E-state index contributed by atoms with van der Waals surface area (Å²) in [5, 5.41) is 15.1. The maximum Gasteiger partial charge on any atom is 0.274 e. The number of amides is 1. The third-order valence-electron chi connectivity index (χ3n) is 4.31. The van der Waals surface area contributed by atoms with Gasteiger partial charge in [-0.25, -0.2) is 0 Å². The van der Waals surface area contributed by atoms with Crippen LogP contribution in [0, 0.1) is 11.3 Å². The number of hydrogen-bond acceptors (Lipinski definition) is 5. The van der Waals surface area contributed by atoms with Gasteiger partial charge in [-0.3, -0.25) is 14.6 Å². The van der Waals surface area contributed by atoms with E-state index >= 15 is 0 Å². The Bertz CT molecular complexity index is 915. The average Bonchev–Trinajstić information content (AvgIpc) is 3.13. The summed E-state index contributed by atoms with van der Waals surface area (Å²) in [6, 6.07) is 17.7. The lowest BCUT2D eigenvalue weighted by Gasteiger charge is -2.20. The van der Waals surface area contributed by atoms with Gasteiger partial charge in [-0.05, 0) is 37.3 Å². The van der Waals surface area contributed by atoms with Gasteiger partial charge in [0.25, 0.3) is 5.91 Å². The lowest BCUT2D eigenvalue weighted by atomic mass is 10.1. The summed E-state index contributed by atoms with van der Waals surface area (Å²) in [6.07, 6.45) is 0.255. The highest BCUT2D eigenvalue weighted by Gasteiger charge is 2.35. The molecule has 0 spiro atoms. The van der Waals surface area contributed by atoms with Gasteiger partial charge in [0.05, 0.1) is 17.3 Å². The standard InChI is InChI=1S/C20H18N4O2/c1-14(25)19-12-18(22-24(19)16-8-4-3-5-9-16)20(26)23(2)17-10-6-7-15(11-17)13-21/h3-11,19H,12H2,1-2H3. The highest BCUT2D eigenvalue weighted by Crippen LogP contribution is 2.26. The molecule has 1 heterocycles. The molecule has 0 N–H and O–H groups in total. The molecule has 1 unspecified atom stereocenters. The van der Waals surface area contributed by atoms with E-state index in [1.54, 1.807) is 36.3 Å². The van der Waals surface area contributed by atoms with Crippen LogP contribution < -0.4 is 9.91 Å². The van der Waals surface area contributed by atoms with Crippen LogP contribution in [0.15, 0.2) is 59.7 Å². The Kier molecular flexibility index (Phi) is 4.81. The van der Waals surface area contributed by atoms with Gasteiger partial charge in [-0.1, -0.05) is 24.3 Å². The number of carbonyl (C=O) groups is 2. The van der Waals surface area contributed by atoms with Crippen molar-refractivity contribution in [1.29, 1.82) is 5.26 Å². The minimum Gasteiger partial charge on any atom is -0.310 e. The number of nitriles is 1. The van der Waals surface area contributed by atoms with E-state index in [1.807, 2.05) is 30.3 Å². The summed E-state index contributed by atoms with van der Waals surface area (Å²) in [5.74, 6) is -0.334. The van der Waals surface area contributed by atoms with Crippen molar-refractivity contribution < 1.29 is 9.59 Å². The normalized spacial score (nSPS) is 16.0. The van der Waals surface area contributed by atoms with Crippen LogP contribution in [0.4, 0.5) is 11.4 Å². The van der Waals surface area contributed by atoms with Crippen molar-refractivity contribution in [3.8, 4) is 6.07 Å². The van der Waals surface area contributed by atoms with Crippen molar-refractivity contribution in [2.45, 2.75) is 19.4 Å². The highest BCUT2D eigenvalue weighted by atomic mass is 16.2. The summed E-state index contributed by atoms with van der Waals surface area (Å²) in [6.45, 7) is 1.50. The maximum absolute atomic E-state index is 12.9. The lowest BCUT2D eigenvalue weighted by molar-refractivity contribution is -0.118. The Labute approximate surface area is 152 Å². The molecule has 1 aliphatic heterocycles. The van der Waals surface area contributed by atoms with Crippen LogP contribution in [0.2, 0.25) is 0 Å². The van der Waals surface area contributed by atoms with E-state index in [9.17, 15) is 9.59 Å². The van der Waals surface area contributed by atoms with Crippen LogP contribution in [0.3, 0.4) is 0 Å². The van der Waals surface area contributed by atoms with E-state index in [4.69, 9.17) is 5.26 Å². The number of ketones is 1. The molecule has 3 rings (SSSR count). The Morgan fingerprint density at radius 2 is 1.92 bits per heavy atom. The third-order valence-corrected chi connectivity index (χ3v) is 4.31. The molecule has 0 saturated carbocycles. The van der Waals surface area contributed by atoms with E-state index in [2.05, 4.69) is 11.2 Å². The number of para-hydroxylation sites is 1. The molecule has 6 heteroatoms. The molecule has 1 atom stereocenters. The Morgan fingerprint density at radius 3 is 2.58 bits per heavy atom. The number of rotatable bonds is 4. The zero-order valence-electron chi connectivity index (χ0n) is 14.6. The van der Waals surface area contributed by atoms with Crippen molar-refractivity contribution in [2.75, 3.05) is 17.0 Å². The van der Waals surface area contributed by atoms with E-state index in [0.717, 1.165) is 5.69 Å². The fourth-order valence-corrected chi connectivity index (χ4v) is 2.87. The molecular formula is C20H18N4O2. The molecule has 26 heavy (non-hydrogen) atoms. The molecule has 130 valence electrons. The summed E-state index contributed by atoms with van der Waals surface area (Å²) in [4.78, 5) is 26.4. The SMILES string of the molecule is CC(=O)C1CC(C(=O)N(C)c2cccc(C#N)c2)=NN1c1ccccc1. The van der Waals surface area contributed by atoms with Crippen molar-refractivity contribution >= 4 is 28.8 Å². The quantitative estimate of drug-likeness (QED) is 0.853. The van der Waals surface area contributed by atoms with Crippen molar-refractivity contribution in [2.24, 2.45) is 5.10 Å². The lowest BCUT2D eigenvalue weighted by Crippen LogP contribution is -2.35. The van der Waals surface area contributed by atoms with Gasteiger partial charge in [0.2, 0.25) is 0 Å². The van der Waals surface area contributed by atoms with E-state index < -0.39 is 6.04 Å². The topological polar surface area (TPSA) is 76.8 Å². The summed E-state index contributed by atoms with van der Waals surface area (Å²) in [7, 11) is 1.63. The zero-order chi connectivity index (χ0) is 18.7. The molecule has 6 nitrogen and oxygen atoms in total. The molecule has 2 aromatic carbocycles. The Morgan fingerprint density at radius 1 is 1.19 bits per heavy atom. The first-order chi connectivity index (χ1) is 12.5. The fraction of sp³-hybridized carbons (Fsp3) is 0.200. The predicted molar refractivity (Wildman–Crippen MR) is 100 cm³/mol. The molecule has 1 amide bonds. The maximum atomic E-state index is 12.9. The molecule has 0 aliphatic carbocycles. The average molecular weight is 346 g/mol. The molecular weight excluding hydrogens is 328 g/mol. The molecule has 1 aliphatic rings. The van der Waals surface area contributed by atoms with Gasteiger partial charge in [0, 0.05) is 19.2 Å². The first kappa shape index (κ1) is 17.4. The number of carbonyl (C=O) groups excluding carboxylic acids is 2. The molecule has 0 saturated heterocycles. The molecule has 0 fully saturated rings. The van der Waals surface area contributed by atoms with E-state index in [0.29, 0.717) is 17.0 Å². The first-order valence-corrected chi connectivity index (χ1v) is 8.21. The van der Waals surface area contributed by atoms with Gasteiger partial charge < -0.3 is 4.90 Å². The largest absolute Gasteiger partial charge is 0.310 e. The summed E-state index contributed by atoms with van der Waals surface area (Å²) >= 11 is 0. The molecule has 0 radical (unpaired) electrons. The van der Waals surface area contributed by atoms with Crippen LogP contribution in [0.5, 0.6) is 0 Å². The third kappa shape index (κ3) is 3.33. The number of Topliss-reactive ketones (excluding diaryl/α,β-unsaturated/α-hetero) is 1. The second-order valence-electron chi connectivity index (χ2n) is 6.08. The minimum atomic E-state index is -0.491. The Hall–Kier alpha value is -3.46. The number of hydrazone groups is 1. The van der Waals surface area contributed by atoms with Crippen LogP contribution in [0.25, 0.3) is 0 Å². The van der Waals surface area contributed by atoms with Crippen LogP contribution in [0.1, 0.15) is 18.9 Å². The van der Waals surface area contributed by atoms with Gasteiger partial charge in [0.1, 0.15) is 11.8 Å². The van der Waals surface area contributed by atoms with Crippen molar-refractivity contribution in [3.05, 3.63) is 60.2 Å². The van der Waals surface area contributed by atoms with Gasteiger partial charge >= 0.3 is 0 Å². The number of hydrogen-bond donors (Lipinski definition) is 0. The summed E-state index contributed by atoms with van der Waals surface area (Å²) in [5.41, 5.74) is 2.17. The number of anilines is 2. The second kappa shape index (κ2) is 7.19. The van der Waals surface area contributed by atoms with Crippen molar-refractivity contribution in [1.82, 2.24) is 0 Å². The van der Waals surface area contributed by atoms with E-state index in [1.165, 1.54) is 11.8 Å². The smallest absolute Gasteiger partial charge is 0.274 e. The van der Waals surface area contributed by atoms with E-state index in [-0.39, 0.29) is 18.1 Å². The van der Waals surface area contributed by atoms with Crippen LogP contribution in [-0.2, 0) is 9.59 Å². The van der Waals surface area contributed by atoms with Crippen molar-refractivity contribution in [3.63, 3.8) is 0 Å². The zero-order valence-corrected chi connectivity index (χ0v) is 14.6. The van der Waals surface area contributed by atoms with Crippen LogP contribution in [-0.4, -0.2) is 30.5 Å².